The van der Waals surface area contributed by atoms with Crippen LogP contribution in [0.25, 0.3) is 0 Å². The smallest absolute Gasteiger partial charge is 0.322 e. The number of hydrogen-bond donors (Lipinski definition) is 1. The first kappa shape index (κ1) is 26.1. The van der Waals surface area contributed by atoms with E-state index in [1.807, 2.05) is 25.1 Å². The van der Waals surface area contributed by atoms with Gasteiger partial charge in [0.1, 0.15) is 5.75 Å². The van der Waals surface area contributed by atoms with E-state index in [0.29, 0.717) is 33.1 Å². The summed E-state index contributed by atoms with van der Waals surface area (Å²) in [4.78, 5) is 4.78. The summed E-state index contributed by atoms with van der Waals surface area (Å²) in [5.41, 5.74) is 1.10. The highest BCUT2D eigenvalue weighted by Gasteiger charge is 2.26. The van der Waals surface area contributed by atoms with E-state index in [-0.39, 0.29) is 4.90 Å². The van der Waals surface area contributed by atoms with Crippen molar-refractivity contribution in [2.45, 2.75) is 31.3 Å². The van der Waals surface area contributed by atoms with E-state index in [4.69, 9.17) is 4.74 Å². The first-order valence-corrected chi connectivity index (χ1v) is 14.4. The maximum Gasteiger partial charge on any atom is 0.322 e. The minimum Gasteiger partial charge on any atom is -0.424 e. The number of nitrogens with one attached hydrogen (secondary N) is 1. The molecule has 0 unspecified atom stereocenters. The largest absolute Gasteiger partial charge is 0.424 e. The molecule has 1 aromatic heterocycles. The van der Waals surface area contributed by atoms with Gasteiger partial charge in [-0.15, -0.1) is 5.10 Å². The fourth-order valence-corrected chi connectivity index (χ4v) is 6.64. The molecule has 0 spiro atoms. The molecule has 1 aliphatic rings. The topological polar surface area (TPSA) is 92.6 Å². The number of anilines is 1. The molecule has 12 heteroatoms. The summed E-state index contributed by atoms with van der Waals surface area (Å²) >= 11 is 6.65. The maximum absolute atomic E-state index is 13.0. The van der Waals surface area contributed by atoms with Gasteiger partial charge in [-0.05, 0) is 67.2 Å². The Hall–Kier alpha value is -1.99. The average Bonchev–Trinajstić information content (AvgIpc) is 3.23. The van der Waals surface area contributed by atoms with Crippen LogP contribution in [-0.2, 0) is 16.6 Å². The molecule has 2 aromatic carbocycles. The van der Waals surface area contributed by atoms with Crippen molar-refractivity contribution >= 4 is 47.6 Å². The number of aromatic nitrogens is 3. The molecule has 1 saturated heterocycles. The molecule has 0 bridgehead atoms. The van der Waals surface area contributed by atoms with E-state index in [1.165, 1.54) is 0 Å². The number of nitrogens with zero attached hydrogens (tertiary/aromatic N) is 5. The maximum atomic E-state index is 13.0. The van der Waals surface area contributed by atoms with Crippen LogP contribution in [0.3, 0.4) is 0 Å². The van der Waals surface area contributed by atoms with E-state index in [2.05, 4.69) is 69.7 Å². The molecule has 2 heterocycles. The predicted molar refractivity (Wildman–Crippen MR) is 143 cm³/mol. The number of ether oxygens (including phenoxy) is 1. The zero-order valence-electron chi connectivity index (χ0n) is 19.8. The van der Waals surface area contributed by atoms with Crippen LogP contribution in [-0.4, -0.2) is 61.3 Å². The zero-order chi connectivity index (χ0) is 25.2. The Balaban J connectivity index is 1.52. The molecule has 0 saturated carbocycles. The molecule has 0 radical (unpaired) electrons. The molecule has 35 heavy (non-hydrogen) atoms. The summed E-state index contributed by atoms with van der Waals surface area (Å²) in [5.74, 6) is 1.12. The van der Waals surface area contributed by atoms with Crippen molar-refractivity contribution < 1.29 is 13.2 Å². The van der Waals surface area contributed by atoms with Crippen molar-refractivity contribution in [1.29, 1.82) is 0 Å². The summed E-state index contributed by atoms with van der Waals surface area (Å²) in [6.07, 6.45) is 0. The molecule has 9 nitrogen and oxygen atoms in total. The number of benzene rings is 2. The van der Waals surface area contributed by atoms with Gasteiger partial charge in [-0.3, -0.25) is 4.57 Å². The minimum absolute atomic E-state index is 0.137. The molecule has 1 N–H and O–H groups in total. The van der Waals surface area contributed by atoms with Crippen molar-refractivity contribution in [3.05, 3.63) is 57.2 Å². The Labute approximate surface area is 222 Å². The molecule has 1 atom stereocenters. The summed E-state index contributed by atoms with van der Waals surface area (Å²) in [5, 5.41) is 8.45. The van der Waals surface area contributed by atoms with Gasteiger partial charge in [0.25, 0.3) is 0 Å². The van der Waals surface area contributed by atoms with Crippen LogP contribution in [0.15, 0.2) is 56.3 Å². The fraction of sp³-hybridized carbons (Fsp3) is 0.391. The summed E-state index contributed by atoms with van der Waals surface area (Å²) in [7, 11) is -1.69. The van der Waals surface area contributed by atoms with Gasteiger partial charge in [-0.2, -0.15) is 0 Å². The highest BCUT2D eigenvalue weighted by Crippen LogP contribution is 2.29. The Morgan fingerprint density at radius 1 is 1.09 bits per heavy atom. The molecule has 1 aliphatic heterocycles. The van der Waals surface area contributed by atoms with Crippen LogP contribution >= 0.6 is 31.9 Å². The summed E-state index contributed by atoms with van der Waals surface area (Å²) in [6, 6.07) is 12.6. The summed E-state index contributed by atoms with van der Waals surface area (Å²) < 4.78 is 37.8. The molecular formula is C23H28Br2N6O3S. The normalized spacial score (nSPS) is 15.9. The van der Waals surface area contributed by atoms with Crippen LogP contribution < -0.4 is 14.4 Å². The number of piperazine rings is 1. The Morgan fingerprint density at radius 2 is 1.83 bits per heavy atom. The Kier molecular flexibility index (Phi) is 8.16. The van der Waals surface area contributed by atoms with Gasteiger partial charge >= 0.3 is 6.01 Å². The van der Waals surface area contributed by atoms with Gasteiger partial charge in [0, 0.05) is 53.4 Å². The Morgan fingerprint density at radius 3 is 2.54 bits per heavy atom. The predicted octanol–water partition coefficient (Wildman–Crippen LogP) is 4.41. The van der Waals surface area contributed by atoms with Gasteiger partial charge in [-0.25, -0.2) is 13.1 Å². The fourth-order valence-electron chi connectivity index (χ4n) is 3.94. The van der Waals surface area contributed by atoms with Crippen molar-refractivity contribution in [3.63, 3.8) is 0 Å². The van der Waals surface area contributed by atoms with Crippen LogP contribution in [0.2, 0.25) is 0 Å². The molecule has 4 rings (SSSR count). The van der Waals surface area contributed by atoms with Crippen LogP contribution in [0, 0.1) is 0 Å². The van der Waals surface area contributed by atoms with Crippen LogP contribution in [0.5, 0.6) is 11.8 Å². The van der Waals surface area contributed by atoms with Gasteiger partial charge in [-0.1, -0.05) is 27.1 Å². The van der Waals surface area contributed by atoms with Gasteiger partial charge < -0.3 is 14.5 Å². The number of halogens is 2. The van der Waals surface area contributed by atoms with E-state index >= 15 is 0 Å². The Bertz CT molecular complexity index is 1290. The lowest BCUT2D eigenvalue weighted by Gasteiger charge is -2.34. The highest BCUT2D eigenvalue weighted by atomic mass is 79.9. The molecule has 0 aliphatic carbocycles. The molecule has 3 aromatic rings. The highest BCUT2D eigenvalue weighted by molar-refractivity contribution is 9.11. The summed E-state index contributed by atoms with van der Waals surface area (Å²) in [6.45, 7) is 8.14. The van der Waals surface area contributed by atoms with E-state index in [0.717, 1.165) is 31.9 Å². The van der Waals surface area contributed by atoms with E-state index in [9.17, 15) is 8.42 Å². The van der Waals surface area contributed by atoms with E-state index in [1.54, 1.807) is 29.7 Å². The van der Waals surface area contributed by atoms with Crippen LogP contribution in [0.1, 0.15) is 25.7 Å². The van der Waals surface area contributed by atoms with Gasteiger partial charge in [0.05, 0.1) is 10.9 Å². The first-order valence-electron chi connectivity index (χ1n) is 11.3. The lowest BCUT2D eigenvalue weighted by atomic mass is 10.2. The molecule has 188 valence electrons. The lowest BCUT2D eigenvalue weighted by Crippen LogP contribution is -2.44. The minimum atomic E-state index is -3.82. The second-order valence-electron chi connectivity index (χ2n) is 8.39. The SMILES string of the molecule is CCn1c(Oc2cccc(N3CCN(C)CC3)c2)nnc1[C@@H](C)NS(=O)(=O)c1cc(Br)ccc1Br. The standard InChI is InChI=1S/C23H28Br2N6O3S/c1-4-31-22(16(2)28-35(32,33)21-14-17(24)8-9-20(21)25)26-27-23(31)34-19-7-5-6-18(15-19)30-12-10-29(3)11-13-30/h5-9,14-16,28H,4,10-13H2,1-3H3/t16-/m1/s1. The van der Waals surface area contributed by atoms with E-state index < -0.39 is 16.1 Å². The van der Waals surface area contributed by atoms with Crippen molar-refractivity contribution in [3.8, 4) is 11.8 Å². The second-order valence-corrected chi connectivity index (χ2v) is 11.8. The second kappa shape index (κ2) is 11.0. The number of hydrogen-bond acceptors (Lipinski definition) is 7. The van der Waals surface area contributed by atoms with Gasteiger partial charge in [0.15, 0.2) is 5.82 Å². The van der Waals surface area contributed by atoms with Crippen LogP contribution in [0.4, 0.5) is 5.69 Å². The first-order chi connectivity index (χ1) is 16.7. The quantitative estimate of drug-likeness (QED) is 0.396. The van der Waals surface area contributed by atoms with Crippen molar-refractivity contribution in [2.75, 3.05) is 38.1 Å². The van der Waals surface area contributed by atoms with Gasteiger partial charge in [0.2, 0.25) is 10.0 Å². The number of sulfonamides is 1. The third-order valence-electron chi connectivity index (χ3n) is 5.86. The molecule has 1 fully saturated rings. The third-order valence-corrected chi connectivity index (χ3v) is 8.89. The van der Waals surface area contributed by atoms with Crippen molar-refractivity contribution in [1.82, 2.24) is 24.4 Å². The number of rotatable bonds is 8. The van der Waals surface area contributed by atoms with Crippen molar-refractivity contribution in [2.24, 2.45) is 0 Å². The number of likely N-dealkylation sites (N-methyl/N-ethyl adjacent to an activating group) is 1. The molecular weight excluding hydrogens is 600 g/mol. The zero-order valence-corrected chi connectivity index (χ0v) is 23.8. The molecule has 0 amide bonds. The third kappa shape index (κ3) is 6.05. The monoisotopic (exact) mass is 626 g/mol. The lowest BCUT2D eigenvalue weighted by molar-refractivity contribution is 0.312. The average molecular weight is 628 g/mol.